The maximum Gasteiger partial charge on any atom is 0.243 e. The number of carbonyl (C=O) groups excluding carboxylic acids is 1. The highest BCUT2D eigenvalue weighted by atomic mass is 32.2. The van der Waals surface area contributed by atoms with Gasteiger partial charge in [0.2, 0.25) is 10.0 Å². The Hall–Kier alpha value is -2.49. The lowest BCUT2D eigenvalue weighted by atomic mass is 9.92. The molecule has 1 aliphatic rings. The number of benzene rings is 2. The highest BCUT2D eigenvalue weighted by molar-refractivity contribution is 7.89. The average Bonchev–Trinajstić information content (AvgIpc) is 2.98. The summed E-state index contributed by atoms with van der Waals surface area (Å²) in [6, 6.07) is 15.8. The van der Waals surface area contributed by atoms with Crippen LogP contribution in [-0.2, 0) is 21.4 Å². The summed E-state index contributed by atoms with van der Waals surface area (Å²) in [6.07, 6.45) is 5.93. The molecule has 0 saturated heterocycles. The maximum atomic E-state index is 13.7. The van der Waals surface area contributed by atoms with Crippen LogP contribution >= 0.6 is 0 Å². The van der Waals surface area contributed by atoms with Crippen LogP contribution in [-0.4, -0.2) is 25.1 Å². The predicted molar refractivity (Wildman–Crippen MR) is 116 cm³/mol. The fourth-order valence-corrected chi connectivity index (χ4v) is 5.94. The molecule has 2 aromatic carbocycles. The van der Waals surface area contributed by atoms with Gasteiger partial charge in [0, 0.05) is 19.0 Å². The van der Waals surface area contributed by atoms with Crippen LogP contribution < -0.4 is 0 Å². The Labute approximate surface area is 179 Å². The quantitative estimate of drug-likeness (QED) is 0.481. The summed E-state index contributed by atoms with van der Waals surface area (Å²) in [5, 5.41) is 9.05. The molecule has 2 aromatic rings. The van der Waals surface area contributed by atoms with Crippen molar-refractivity contribution in [3.63, 3.8) is 0 Å². The van der Waals surface area contributed by atoms with Crippen LogP contribution in [0.2, 0.25) is 0 Å². The minimum absolute atomic E-state index is 0.0172. The molecular formula is C24H28N2O3S. The molecule has 0 heterocycles. The molecule has 0 spiro atoms. The Kier molecular flexibility index (Phi) is 7.41. The van der Waals surface area contributed by atoms with Gasteiger partial charge >= 0.3 is 0 Å². The number of nitriles is 1. The van der Waals surface area contributed by atoms with Crippen molar-refractivity contribution in [2.45, 2.75) is 62.9 Å². The van der Waals surface area contributed by atoms with E-state index in [1.165, 1.54) is 0 Å². The van der Waals surface area contributed by atoms with E-state index >= 15 is 0 Å². The van der Waals surface area contributed by atoms with Gasteiger partial charge in [-0.1, -0.05) is 49.1 Å². The largest absolute Gasteiger partial charge is 0.303 e. The molecule has 1 fully saturated rings. The standard InChI is InChI=1S/C24H28N2O3S/c1-19-7-13-23(14-8-19)30(28,29)26(18-21-11-9-20(17-25)10-12-21)24-6-4-2-3-5-22(24)15-16-27/h7-14,16,22,24H,2-6,15,18H2,1H3. The second-order valence-electron chi connectivity index (χ2n) is 8.04. The van der Waals surface area contributed by atoms with Crippen LogP contribution in [0.3, 0.4) is 0 Å². The molecule has 1 saturated carbocycles. The van der Waals surface area contributed by atoms with Crippen molar-refractivity contribution in [1.29, 1.82) is 5.26 Å². The number of carbonyl (C=O) groups is 1. The zero-order chi connectivity index (χ0) is 21.6. The van der Waals surface area contributed by atoms with E-state index in [0.29, 0.717) is 12.0 Å². The van der Waals surface area contributed by atoms with Crippen molar-refractivity contribution in [2.24, 2.45) is 5.92 Å². The number of nitrogens with zero attached hydrogens (tertiary/aromatic N) is 2. The Morgan fingerprint density at radius 3 is 2.33 bits per heavy atom. The molecule has 0 aliphatic heterocycles. The summed E-state index contributed by atoms with van der Waals surface area (Å²) < 4.78 is 29.0. The Morgan fingerprint density at radius 1 is 1.03 bits per heavy atom. The van der Waals surface area contributed by atoms with E-state index in [-0.39, 0.29) is 23.4 Å². The van der Waals surface area contributed by atoms with Gasteiger partial charge in [-0.05, 0) is 55.5 Å². The summed E-state index contributed by atoms with van der Waals surface area (Å²) in [7, 11) is -3.75. The fourth-order valence-electron chi connectivity index (χ4n) is 4.23. The van der Waals surface area contributed by atoms with Gasteiger partial charge in [0.25, 0.3) is 0 Å². The molecule has 0 aromatic heterocycles. The van der Waals surface area contributed by atoms with E-state index in [4.69, 9.17) is 5.26 Å². The van der Waals surface area contributed by atoms with Crippen LogP contribution in [0, 0.1) is 24.2 Å². The molecule has 1 aliphatic carbocycles. The smallest absolute Gasteiger partial charge is 0.243 e. The van der Waals surface area contributed by atoms with E-state index in [9.17, 15) is 13.2 Å². The summed E-state index contributed by atoms with van der Waals surface area (Å²) >= 11 is 0. The molecule has 158 valence electrons. The van der Waals surface area contributed by atoms with E-state index in [1.807, 2.05) is 31.2 Å². The number of aryl methyl sites for hydroxylation is 1. The van der Waals surface area contributed by atoms with Gasteiger partial charge in [0.1, 0.15) is 6.29 Å². The third-order valence-electron chi connectivity index (χ3n) is 5.94. The Bertz CT molecular complexity index is 992. The zero-order valence-corrected chi connectivity index (χ0v) is 18.1. The molecule has 2 unspecified atom stereocenters. The maximum absolute atomic E-state index is 13.7. The molecule has 6 heteroatoms. The van der Waals surface area contributed by atoms with Gasteiger partial charge in [0.05, 0.1) is 16.5 Å². The average molecular weight is 425 g/mol. The van der Waals surface area contributed by atoms with E-state index < -0.39 is 10.0 Å². The molecular weight excluding hydrogens is 396 g/mol. The first-order chi connectivity index (χ1) is 14.5. The molecule has 30 heavy (non-hydrogen) atoms. The third kappa shape index (κ3) is 5.16. The van der Waals surface area contributed by atoms with Gasteiger partial charge in [0.15, 0.2) is 0 Å². The summed E-state index contributed by atoms with van der Waals surface area (Å²) in [4.78, 5) is 11.6. The van der Waals surface area contributed by atoms with E-state index in [2.05, 4.69) is 6.07 Å². The Morgan fingerprint density at radius 2 is 1.70 bits per heavy atom. The normalized spacial score (nSPS) is 19.8. The summed E-state index contributed by atoms with van der Waals surface area (Å²) in [6.45, 7) is 2.15. The second-order valence-corrected chi connectivity index (χ2v) is 9.93. The lowest BCUT2D eigenvalue weighted by Gasteiger charge is -2.35. The van der Waals surface area contributed by atoms with Crippen LogP contribution in [0.4, 0.5) is 0 Å². The molecule has 3 rings (SSSR count). The SMILES string of the molecule is Cc1ccc(S(=O)(=O)N(Cc2ccc(C#N)cc2)C2CCCCCC2CC=O)cc1. The predicted octanol–water partition coefficient (Wildman–Crippen LogP) is 4.60. The fraction of sp³-hybridized carbons (Fsp3) is 0.417. The minimum Gasteiger partial charge on any atom is -0.303 e. The lowest BCUT2D eigenvalue weighted by molar-refractivity contribution is -0.109. The topological polar surface area (TPSA) is 78.2 Å². The zero-order valence-electron chi connectivity index (χ0n) is 17.3. The van der Waals surface area contributed by atoms with E-state index in [0.717, 1.165) is 49.5 Å². The highest BCUT2D eigenvalue weighted by Crippen LogP contribution is 2.34. The Balaban J connectivity index is 2.03. The van der Waals surface area contributed by atoms with Gasteiger partial charge < -0.3 is 4.79 Å². The van der Waals surface area contributed by atoms with Crippen molar-refractivity contribution in [3.05, 3.63) is 65.2 Å². The summed E-state index contributed by atoms with van der Waals surface area (Å²) in [5.41, 5.74) is 2.37. The number of sulfonamides is 1. The van der Waals surface area contributed by atoms with Crippen LogP contribution in [0.1, 0.15) is 55.2 Å². The first-order valence-electron chi connectivity index (χ1n) is 10.5. The molecule has 0 bridgehead atoms. The van der Waals surface area contributed by atoms with Crippen molar-refractivity contribution in [1.82, 2.24) is 4.31 Å². The first-order valence-corrected chi connectivity index (χ1v) is 11.9. The number of hydrogen-bond donors (Lipinski definition) is 0. The third-order valence-corrected chi connectivity index (χ3v) is 7.82. The molecule has 5 nitrogen and oxygen atoms in total. The van der Waals surface area contributed by atoms with Gasteiger partial charge in [-0.3, -0.25) is 0 Å². The minimum atomic E-state index is -3.75. The van der Waals surface area contributed by atoms with Gasteiger partial charge in [-0.15, -0.1) is 0 Å². The molecule has 0 amide bonds. The van der Waals surface area contributed by atoms with Gasteiger partial charge in [-0.25, -0.2) is 8.42 Å². The molecule has 2 atom stereocenters. The lowest BCUT2D eigenvalue weighted by Crippen LogP contribution is -2.44. The summed E-state index contributed by atoms with van der Waals surface area (Å²) in [5.74, 6) is 0.0172. The molecule has 0 N–H and O–H groups in total. The van der Waals surface area contributed by atoms with Gasteiger partial charge in [-0.2, -0.15) is 9.57 Å². The first kappa shape index (κ1) is 22.2. The van der Waals surface area contributed by atoms with Crippen LogP contribution in [0.15, 0.2) is 53.4 Å². The number of aldehydes is 1. The van der Waals surface area contributed by atoms with Crippen molar-refractivity contribution in [2.75, 3.05) is 0 Å². The van der Waals surface area contributed by atoms with Crippen molar-refractivity contribution < 1.29 is 13.2 Å². The molecule has 0 radical (unpaired) electrons. The highest BCUT2D eigenvalue weighted by Gasteiger charge is 2.36. The van der Waals surface area contributed by atoms with Crippen LogP contribution in [0.25, 0.3) is 0 Å². The van der Waals surface area contributed by atoms with Crippen molar-refractivity contribution in [3.8, 4) is 6.07 Å². The number of rotatable bonds is 7. The number of hydrogen-bond acceptors (Lipinski definition) is 4. The monoisotopic (exact) mass is 424 g/mol. The van der Waals surface area contributed by atoms with Crippen molar-refractivity contribution >= 4 is 16.3 Å². The van der Waals surface area contributed by atoms with E-state index in [1.54, 1.807) is 28.6 Å². The van der Waals surface area contributed by atoms with Crippen LogP contribution in [0.5, 0.6) is 0 Å². The second kappa shape index (κ2) is 10.0.